The van der Waals surface area contributed by atoms with Crippen LogP contribution in [0.4, 0.5) is 10.5 Å². The van der Waals surface area contributed by atoms with Gasteiger partial charge in [-0.2, -0.15) is 0 Å². The number of fused-ring (bicyclic) bond motifs is 5. The number of H-pyrrole nitrogens is 1. The van der Waals surface area contributed by atoms with Crippen molar-refractivity contribution in [2.24, 2.45) is 5.92 Å². The van der Waals surface area contributed by atoms with Crippen LogP contribution in [0.5, 0.6) is 5.75 Å². The van der Waals surface area contributed by atoms with Gasteiger partial charge in [-0.3, -0.25) is 15.0 Å². The van der Waals surface area contributed by atoms with Gasteiger partial charge in [0.15, 0.2) is 8.32 Å². The highest BCUT2D eigenvalue weighted by molar-refractivity contribution is 6.74. The summed E-state index contributed by atoms with van der Waals surface area (Å²) in [4.78, 5) is 30.6. The number of phenols is 1. The molecule has 0 aliphatic carbocycles. The molecule has 10 nitrogen and oxygen atoms in total. The van der Waals surface area contributed by atoms with Crippen LogP contribution in [0.3, 0.4) is 0 Å². The molecular formula is C50H61N5O5Si. The molecule has 11 heteroatoms. The zero-order chi connectivity index (χ0) is 42.7. The number of phenolic OH excluding ortho intramolecular Hbond substituents is 1. The summed E-state index contributed by atoms with van der Waals surface area (Å²) in [5.74, 6) is 0.505. The van der Waals surface area contributed by atoms with Crippen LogP contribution in [0, 0.1) is 5.92 Å². The third-order valence-corrected chi connectivity index (χ3v) is 17.9. The minimum Gasteiger partial charge on any atom is -0.506 e. The first-order chi connectivity index (χ1) is 29.3. The molecule has 6 aromatic rings. The first-order valence-corrected chi connectivity index (χ1v) is 24.9. The summed E-state index contributed by atoms with van der Waals surface area (Å²) in [6, 6.07) is 32.3. The maximum absolute atomic E-state index is 13.3. The molecular weight excluding hydrogens is 779 g/mol. The van der Waals surface area contributed by atoms with Crippen molar-refractivity contribution in [2.45, 2.75) is 96.3 Å². The number of hydrogen-bond donors (Lipinski definition) is 4. The Bertz CT molecular complexity index is 2540. The van der Waals surface area contributed by atoms with E-state index in [0.717, 1.165) is 86.0 Å². The molecule has 3 fully saturated rings. The normalized spacial score (nSPS) is 18.4. The van der Waals surface area contributed by atoms with Gasteiger partial charge in [-0.25, -0.2) is 4.79 Å². The van der Waals surface area contributed by atoms with E-state index in [1.165, 1.54) is 28.1 Å². The SMILES string of the molecule is CC(C)(C)[Si](C)(C)O[C@@H](CNCc1ccc2c(ccn2CCCCc2ccc(-c3ccccc3)c(NC(=O)O[C@H]3CN4CCC3CC4)c2)c1)c1ccc(O)c2[nH]c(=O)ccc12. The zero-order valence-electron chi connectivity index (χ0n) is 36.3. The van der Waals surface area contributed by atoms with Gasteiger partial charge in [0.05, 0.1) is 17.3 Å². The molecule has 0 radical (unpaired) electrons. The molecule has 0 unspecified atom stereocenters. The lowest BCUT2D eigenvalue weighted by Crippen LogP contribution is -2.52. The smallest absolute Gasteiger partial charge is 0.411 e. The second kappa shape index (κ2) is 18.0. The van der Waals surface area contributed by atoms with Gasteiger partial charge in [0.2, 0.25) is 5.56 Å². The van der Waals surface area contributed by atoms with Gasteiger partial charge in [-0.1, -0.05) is 75.4 Å². The molecule has 5 heterocycles. The number of nitrogens with one attached hydrogen (secondary N) is 3. The Balaban J connectivity index is 0.886. The van der Waals surface area contributed by atoms with Crippen molar-refractivity contribution in [3.05, 3.63) is 130 Å². The Morgan fingerprint density at radius 2 is 1.72 bits per heavy atom. The molecule has 3 saturated heterocycles. The second-order valence-electron chi connectivity index (χ2n) is 18.6. The van der Waals surface area contributed by atoms with Crippen molar-refractivity contribution >= 4 is 41.9 Å². The predicted molar refractivity (Wildman–Crippen MR) is 249 cm³/mol. The van der Waals surface area contributed by atoms with E-state index in [9.17, 15) is 14.7 Å². The Morgan fingerprint density at radius 1 is 0.934 bits per heavy atom. The fourth-order valence-corrected chi connectivity index (χ4v) is 10.1. The summed E-state index contributed by atoms with van der Waals surface area (Å²) >= 11 is 0. The van der Waals surface area contributed by atoms with E-state index in [-0.39, 0.29) is 34.6 Å². The van der Waals surface area contributed by atoms with Crippen LogP contribution >= 0.6 is 0 Å². The molecule has 3 aliphatic rings. The number of rotatable bonds is 15. The summed E-state index contributed by atoms with van der Waals surface area (Å²) in [6.45, 7) is 16.4. The van der Waals surface area contributed by atoms with E-state index in [1.807, 2.05) is 24.3 Å². The summed E-state index contributed by atoms with van der Waals surface area (Å²) in [7, 11) is -2.19. The Kier molecular flexibility index (Phi) is 12.6. The molecule has 9 rings (SSSR count). The molecule has 4 aromatic carbocycles. The molecule has 3 aliphatic heterocycles. The number of hydrogen-bond acceptors (Lipinski definition) is 7. The van der Waals surface area contributed by atoms with Crippen molar-refractivity contribution in [3.8, 4) is 16.9 Å². The maximum atomic E-state index is 13.3. The van der Waals surface area contributed by atoms with Crippen LogP contribution in [0.25, 0.3) is 32.9 Å². The lowest BCUT2D eigenvalue weighted by molar-refractivity contribution is -0.0289. The van der Waals surface area contributed by atoms with Gasteiger partial charge in [-0.05, 0) is 133 Å². The number of ether oxygens (including phenoxy) is 1. The maximum Gasteiger partial charge on any atom is 0.411 e. The number of aromatic amines is 1. The average Bonchev–Trinajstić information content (AvgIpc) is 3.64. The number of carbonyl (C=O) groups is 1. The van der Waals surface area contributed by atoms with Gasteiger partial charge in [0.1, 0.15) is 11.9 Å². The van der Waals surface area contributed by atoms with Crippen LogP contribution in [0.1, 0.15) is 69.2 Å². The number of pyridine rings is 1. The van der Waals surface area contributed by atoms with Crippen LogP contribution in [-0.4, -0.2) is 66.3 Å². The van der Waals surface area contributed by atoms with Crippen LogP contribution < -0.4 is 16.2 Å². The molecule has 4 N–H and O–H groups in total. The first-order valence-electron chi connectivity index (χ1n) is 22.0. The highest BCUT2D eigenvalue weighted by Gasteiger charge is 2.40. The van der Waals surface area contributed by atoms with Crippen molar-refractivity contribution in [1.29, 1.82) is 0 Å². The van der Waals surface area contributed by atoms with E-state index in [0.29, 0.717) is 24.5 Å². The third-order valence-electron chi connectivity index (χ3n) is 13.4. The van der Waals surface area contributed by atoms with E-state index >= 15 is 0 Å². The van der Waals surface area contributed by atoms with Gasteiger partial charge < -0.3 is 29.1 Å². The number of aromatic hydroxyl groups is 1. The minimum absolute atomic E-state index is 0.00326. The molecule has 0 spiro atoms. The minimum atomic E-state index is -2.19. The van der Waals surface area contributed by atoms with Gasteiger partial charge in [0, 0.05) is 54.9 Å². The van der Waals surface area contributed by atoms with Crippen LogP contribution in [-0.2, 0) is 28.7 Å². The van der Waals surface area contributed by atoms with Crippen molar-refractivity contribution < 1.29 is 19.1 Å². The number of carbonyl (C=O) groups excluding carboxylic acids is 1. The Labute approximate surface area is 360 Å². The molecule has 2 atom stereocenters. The summed E-state index contributed by atoms with van der Waals surface area (Å²) < 4.78 is 15.4. The quantitative estimate of drug-likeness (QED) is 0.0600. The van der Waals surface area contributed by atoms with Crippen LogP contribution in [0.15, 0.2) is 108 Å². The van der Waals surface area contributed by atoms with E-state index in [1.54, 1.807) is 12.1 Å². The zero-order valence-corrected chi connectivity index (χ0v) is 37.3. The lowest BCUT2D eigenvalue weighted by Gasteiger charge is -2.43. The highest BCUT2D eigenvalue weighted by Crippen LogP contribution is 2.41. The van der Waals surface area contributed by atoms with Gasteiger partial charge in [-0.15, -0.1) is 0 Å². The predicted octanol–water partition coefficient (Wildman–Crippen LogP) is 10.4. The van der Waals surface area contributed by atoms with E-state index in [4.69, 9.17) is 9.16 Å². The molecule has 0 saturated carbocycles. The third kappa shape index (κ3) is 9.81. The Hall–Kier alpha value is -5.20. The number of anilines is 1. The highest BCUT2D eigenvalue weighted by atomic mass is 28.4. The number of piperidine rings is 3. The number of amides is 1. The number of benzene rings is 4. The fraction of sp³-hybridized carbons (Fsp3) is 0.400. The topological polar surface area (TPSA) is 121 Å². The van der Waals surface area contributed by atoms with Gasteiger partial charge in [0.25, 0.3) is 0 Å². The lowest BCUT2D eigenvalue weighted by atomic mass is 9.86. The largest absolute Gasteiger partial charge is 0.506 e. The van der Waals surface area contributed by atoms with Gasteiger partial charge >= 0.3 is 6.09 Å². The Morgan fingerprint density at radius 3 is 2.48 bits per heavy atom. The summed E-state index contributed by atoms with van der Waals surface area (Å²) in [6.07, 6.45) is 6.64. The molecule has 1 amide bonds. The number of aromatic nitrogens is 2. The number of nitrogens with zero attached hydrogens (tertiary/aromatic N) is 2. The van der Waals surface area contributed by atoms with Crippen molar-refractivity contribution in [1.82, 2.24) is 19.8 Å². The fourth-order valence-electron chi connectivity index (χ4n) is 8.84. The summed E-state index contributed by atoms with van der Waals surface area (Å²) in [5.41, 5.74) is 7.56. The second-order valence-corrected chi connectivity index (χ2v) is 23.4. The van der Waals surface area contributed by atoms with E-state index < -0.39 is 8.32 Å². The molecule has 61 heavy (non-hydrogen) atoms. The van der Waals surface area contributed by atoms with Crippen LogP contribution in [0.2, 0.25) is 18.1 Å². The van der Waals surface area contributed by atoms with E-state index in [2.05, 4.69) is 120 Å². The summed E-state index contributed by atoms with van der Waals surface area (Å²) in [5, 5.41) is 19.4. The number of unbranched alkanes of at least 4 members (excludes halogenated alkanes) is 1. The molecule has 320 valence electrons. The average molecular weight is 840 g/mol. The molecule has 2 bridgehead atoms. The standard InChI is InChI=1S/C50H61N5O5Si/c1-50(2,3)61(4,5)60-45(40-17-20-44(56)48-41(40)18-21-47(57)53-48)32-51-31-35-15-19-43-38(29-35)24-28-55(43)25-10-9-11-34-14-16-39(36-12-7-6-8-13-36)42(30-34)52-49(58)59-46-33-54-26-22-37(46)23-27-54/h6-8,12-21,24,28-30,37,45-46,51,56H,9-11,22-23,25-27,31-33H2,1-5H3,(H,52,58)(H,53,57)/t45-,46-/m0/s1. The van der Waals surface area contributed by atoms with Crippen molar-refractivity contribution in [3.63, 3.8) is 0 Å². The monoisotopic (exact) mass is 839 g/mol. The first kappa shape index (κ1) is 42.5. The number of aryl methyl sites for hydroxylation is 2. The van der Waals surface area contributed by atoms with Crippen molar-refractivity contribution in [2.75, 3.05) is 31.5 Å². The molecule has 2 aromatic heterocycles.